The van der Waals surface area contributed by atoms with Crippen molar-refractivity contribution in [2.45, 2.75) is 12.5 Å². The number of carbonyl (C=O) groups is 1. The fourth-order valence-electron chi connectivity index (χ4n) is 1.57. The van der Waals surface area contributed by atoms with Crippen molar-refractivity contribution in [2.24, 2.45) is 5.73 Å². The monoisotopic (exact) mass is 195 g/mol. The molecular weight excluding hydrogens is 185 g/mol. The predicted molar refractivity (Wildman–Crippen MR) is 48.4 cm³/mol. The van der Waals surface area contributed by atoms with Crippen LogP contribution in [0.25, 0.3) is 0 Å². The molecule has 1 aromatic rings. The number of cyclic esters (lactones) is 1. The summed E-state index contributed by atoms with van der Waals surface area (Å²) in [7, 11) is 0. The van der Waals surface area contributed by atoms with Gasteiger partial charge in [0.05, 0.1) is 5.56 Å². The molecule has 1 aromatic carbocycles. The summed E-state index contributed by atoms with van der Waals surface area (Å²) < 4.78 is 18.3. The minimum atomic E-state index is -0.485. The van der Waals surface area contributed by atoms with Crippen LogP contribution in [0.2, 0.25) is 0 Å². The number of halogens is 1. The lowest BCUT2D eigenvalue weighted by atomic mass is 9.98. The molecule has 0 bridgehead atoms. The zero-order chi connectivity index (χ0) is 10.1. The first-order valence-electron chi connectivity index (χ1n) is 4.41. The summed E-state index contributed by atoms with van der Waals surface area (Å²) in [4.78, 5) is 11.4. The van der Waals surface area contributed by atoms with E-state index in [4.69, 9.17) is 10.5 Å². The van der Waals surface area contributed by atoms with E-state index in [1.807, 2.05) is 0 Å². The van der Waals surface area contributed by atoms with Crippen LogP contribution in [0.1, 0.15) is 15.9 Å². The molecule has 0 saturated carbocycles. The van der Waals surface area contributed by atoms with Crippen molar-refractivity contribution in [2.75, 3.05) is 6.54 Å². The molecule has 14 heavy (non-hydrogen) atoms. The van der Waals surface area contributed by atoms with Gasteiger partial charge in [0.2, 0.25) is 0 Å². The maximum atomic E-state index is 13.3. The Labute approximate surface area is 80.7 Å². The van der Waals surface area contributed by atoms with Crippen molar-refractivity contribution < 1.29 is 13.9 Å². The lowest BCUT2D eigenvalue weighted by Crippen LogP contribution is -2.34. The van der Waals surface area contributed by atoms with Gasteiger partial charge in [-0.1, -0.05) is 6.07 Å². The first-order valence-corrected chi connectivity index (χ1v) is 4.41. The average molecular weight is 195 g/mol. The van der Waals surface area contributed by atoms with Gasteiger partial charge in [0, 0.05) is 18.5 Å². The number of benzene rings is 1. The van der Waals surface area contributed by atoms with Crippen molar-refractivity contribution in [1.82, 2.24) is 0 Å². The van der Waals surface area contributed by atoms with E-state index in [1.54, 1.807) is 6.07 Å². The number of nitrogens with two attached hydrogens (primary N) is 1. The Kier molecular flexibility index (Phi) is 2.21. The molecule has 2 N–H and O–H groups in total. The lowest BCUT2D eigenvalue weighted by molar-refractivity contribution is 0.0274. The standard InChI is InChI=1S/C10H10FNO2/c11-9-3-1-2-7-8(9)4-6(5-12)14-10(7)13/h1-3,6H,4-5,12H2. The highest BCUT2D eigenvalue weighted by molar-refractivity contribution is 5.92. The molecule has 1 unspecified atom stereocenters. The SMILES string of the molecule is NCC1Cc2c(F)cccc2C(=O)O1. The minimum absolute atomic E-state index is 0.222. The molecule has 0 fully saturated rings. The Morgan fingerprint density at radius 1 is 1.57 bits per heavy atom. The number of ether oxygens (including phenoxy) is 1. The largest absolute Gasteiger partial charge is 0.457 e. The van der Waals surface area contributed by atoms with E-state index in [-0.39, 0.29) is 12.4 Å². The second-order valence-electron chi connectivity index (χ2n) is 3.23. The van der Waals surface area contributed by atoms with Gasteiger partial charge in [-0.15, -0.1) is 0 Å². The summed E-state index contributed by atoms with van der Waals surface area (Å²) in [6, 6.07) is 4.40. The van der Waals surface area contributed by atoms with E-state index in [1.165, 1.54) is 12.1 Å². The van der Waals surface area contributed by atoms with Crippen LogP contribution in [0, 0.1) is 5.82 Å². The Balaban J connectivity index is 2.45. The zero-order valence-corrected chi connectivity index (χ0v) is 7.50. The molecule has 0 aliphatic carbocycles. The molecule has 2 rings (SSSR count). The Hall–Kier alpha value is -1.42. The highest BCUT2D eigenvalue weighted by Gasteiger charge is 2.27. The Morgan fingerprint density at radius 2 is 2.36 bits per heavy atom. The molecule has 4 heteroatoms. The van der Waals surface area contributed by atoms with Crippen molar-refractivity contribution in [3.05, 3.63) is 35.1 Å². The first-order chi connectivity index (χ1) is 6.72. The van der Waals surface area contributed by atoms with Crippen LogP contribution >= 0.6 is 0 Å². The fourth-order valence-corrected chi connectivity index (χ4v) is 1.57. The third-order valence-corrected chi connectivity index (χ3v) is 2.31. The predicted octanol–water partition coefficient (Wildman–Crippen LogP) is 0.866. The number of hydrogen-bond acceptors (Lipinski definition) is 3. The van der Waals surface area contributed by atoms with E-state index in [0.29, 0.717) is 17.5 Å². The molecule has 74 valence electrons. The summed E-state index contributed by atoms with van der Waals surface area (Å²) in [5.74, 6) is -0.848. The molecule has 0 spiro atoms. The summed E-state index contributed by atoms with van der Waals surface area (Å²) in [5.41, 5.74) is 6.10. The van der Waals surface area contributed by atoms with Gasteiger partial charge in [-0.25, -0.2) is 9.18 Å². The summed E-state index contributed by atoms with van der Waals surface area (Å²) in [6.45, 7) is 0.222. The third-order valence-electron chi connectivity index (χ3n) is 2.31. The van der Waals surface area contributed by atoms with Crippen molar-refractivity contribution >= 4 is 5.97 Å². The maximum Gasteiger partial charge on any atom is 0.338 e. The van der Waals surface area contributed by atoms with Gasteiger partial charge in [-0.2, -0.15) is 0 Å². The minimum Gasteiger partial charge on any atom is -0.457 e. The summed E-state index contributed by atoms with van der Waals surface area (Å²) in [6.07, 6.45) is -0.0311. The van der Waals surface area contributed by atoms with Crippen LogP contribution in [-0.2, 0) is 11.2 Å². The highest BCUT2D eigenvalue weighted by Crippen LogP contribution is 2.22. The number of hydrogen-bond donors (Lipinski definition) is 1. The van der Waals surface area contributed by atoms with Gasteiger partial charge in [-0.05, 0) is 12.1 Å². The number of esters is 1. The van der Waals surface area contributed by atoms with Gasteiger partial charge in [0.25, 0.3) is 0 Å². The Bertz CT molecular complexity index is 378. The van der Waals surface area contributed by atoms with Gasteiger partial charge in [0.1, 0.15) is 11.9 Å². The van der Waals surface area contributed by atoms with Crippen molar-refractivity contribution in [3.8, 4) is 0 Å². The van der Waals surface area contributed by atoms with E-state index in [0.717, 1.165) is 0 Å². The number of rotatable bonds is 1. The molecule has 0 amide bonds. The van der Waals surface area contributed by atoms with Gasteiger partial charge in [0.15, 0.2) is 0 Å². The third kappa shape index (κ3) is 1.37. The number of fused-ring (bicyclic) bond motifs is 1. The molecular formula is C10H10FNO2. The molecule has 1 aliphatic heterocycles. The van der Waals surface area contributed by atoms with Crippen molar-refractivity contribution in [3.63, 3.8) is 0 Å². The summed E-state index contributed by atoms with van der Waals surface area (Å²) in [5, 5.41) is 0. The smallest absolute Gasteiger partial charge is 0.338 e. The molecule has 0 saturated heterocycles. The van der Waals surface area contributed by atoms with E-state index >= 15 is 0 Å². The molecule has 3 nitrogen and oxygen atoms in total. The molecule has 1 atom stereocenters. The van der Waals surface area contributed by atoms with Gasteiger partial charge in [-0.3, -0.25) is 0 Å². The van der Waals surface area contributed by atoms with Crippen LogP contribution in [0.4, 0.5) is 4.39 Å². The lowest BCUT2D eigenvalue weighted by Gasteiger charge is -2.23. The summed E-state index contributed by atoms with van der Waals surface area (Å²) >= 11 is 0. The van der Waals surface area contributed by atoms with Crippen molar-refractivity contribution in [1.29, 1.82) is 0 Å². The highest BCUT2D eigenvalue weighted by atomic mass is 19.1. The van der Waals surface area contributed by atoms with E-state index in [2.05, 4.69) is 0 Å². The van der Waals surface area contributed by atoms with Crippen LogP contribution in [0.3, 0.4) is 0 Å². The molecule has 0 radical (unpaired) electrons. The normalized spacial score (nSPS) is 20.1. The zero-order valence-electron chi connectivity index (χ0n) is 7.50. The topological polar surface area (TPSA) is 52.3 Å². The van der Waals surface area contributed by atoms with Gasteiger partial charge >= 0.3 is 5.97 Å². The van der Waals surface area contributed by atoms with Crippen LogP contribution in [0.5, 0.6) is 0 Å². The molecule has 1 aliphatic rings. The van der Waals surface area contributed by atoms with E-state index in [9.17, 15) is 9.18 Å². The van der Waals surface area contributed by atoms with Gasteiger partial charge < -0.3 is 10.5 Å². The fraction of sp³-hybridized carbons (Fsp3) is 0.300. The second-order valence-corrected chi connectivity index (χ2v) is 3.23. The van der Waals surface area contributed by atoms with Crippen LogP contribution < -0.4 is 5.73 Å². The van der Waals surface area contributed by atoms with E-state index < -0.39 is 12.1 Å². The maximum absolute atomic E-state index is 13.3. The Morgan fingerprint density at radius 3 is 3.07 bits per heavy atom. The molecule has 1 heterocycles. The molecule has 0 aromatic heterocycles. The van der Waals surface area contributed by atoms with Crippen LogP contribution in [-0.4, -0.2) is 18.6 Å². The first kappa shape index (κ1) is 9.15. The second kappa shape index (κ2) is 3.38. The van der Waals surface area contributed by atoms with Crippen LogP contribution in [0.15, 0.2) is 18.2 Å². The average Bonchev–Trinajstić information content (AvgIpc) is 2.19. The number of carbonyl (C=O) groups excluding carboxylic acids is 1. The quantitative estimate of drug-likeness (QED) is 0.676.